The molecule has 0 aromatic rings. The van der Waals surface area contributed by atoms with Crippen molar-refractivity contribution in [2.45, 2.75) is 206 Å². The van der Waals surface area contributed by atoms with Gasteiger partial charge in [-0.15, -0.1) is 0 Å². The number of carbonyl (C=O) groups excluding carboxylic acids is 2. The molecule has 0 aliphatic heterocycles. The molecule has 47 heavy (non-hydrogen) atoms. The Labute approximate surface area is 293 Å². The summed E-state index contributed by atoms with van der Waals surface area (Å²) < 4.78 is 11.8. The fourth-order valence-electron chi connectivity index (χ4n) is 5.84. The predicted octanol–water partition coefficient (Wildman–Crippen LogP) is 12.6. The van der Waals surface area contributed by atoms with E-state index in [0.717, 1.165) is 25.7 Å². The first-order valence-corrected chi connectivity index (χ1v) is 20.3. The van der Waals surface area contributed by atoms with Crippen LogP contribution in [0.5, 0.6) is 0 Å². The number of rotatable bonds is 35. The van der Waals surface area contributed by atoms with E-state index in [0.29, 0.717) is 30.4 Å². The Morgan fingerprint density at radius 2 is 0.830 bits per heavy atom. The molecule has 0 saturated heterocycles. The molecule has 0 amide bonds. The molecule has 0 aromatic carbocycles. The van der Waals surface area contributed by atoms with Crippen molar-refractivity contribution >= 4 is 11.9 Å². The van der Waals surface area contributed by atoms with Crippen molar-refractivity contribution in [2.75, 3.05) is 27.7 Å². The fraction of sp³-hybridized carbons (Fsp3) is 0.857. The van der Waals surface area contributed by atoms with E-state index in [9.17, 15) is 9.59 Å². The number of esters is 2. The van der Waals surface area contributed by atoms with Gasteiger partial charge in [0.1, 0.15) is 6.61 Å². The van der Waals surface area contributed by atoms with Gasteiger partial charge in [-0.1, -0.05) is 141 Å². The lowest BCUT2D eigenvalue weighted by molar-refractivity contribution is -0.917. The first-order chi connectivity index (χ1) is 22.8. The van der Waals surface area contributed by atoms with Crippen LogP contribution in [0.25, 0.3) is 0 Å². The molecule has 276 valence electrons. The summed E-state index contributed by atoms with van der Waals surface area (Å²) in [6.45, 7) is 4.83. The van der Waals surface area contributed by atoms with Gasteiger partial charge in [-0.2, -0.15) is 0 Å². The summed E-state index contributed by atoms with van der Waals surface area (Å²) in [6, 6.07) is 0. The minimum Gasteiger partial charge on any atom is -0.465 e. The van der Waals surface area contributed by atoms with Crippen molar-refractivity contribution < 1.29 is 23.5 Å². The molecular formula is C42H80NO4+. The van der Waals surface area contributed by atoms with Crippen molar-refractivity contribution in [3.63, 3.8) is 0 Å². The molecule has 0 N–H and O–H groups in total. The second kappa shape index (κ2) is 34.3. The Morgan fingerprint density at radius 3 is 1.21 bits per heavy atom. The lowest BCUT2D eigenvalue weighted by Crippen LogP contribution is -2.48. The molecule has 0 spiro atoms. The predicted molar refractivity (Wildman–Crippen MR) is 202 cm³/mol. The maximum absolute atomic E-state index is 12.5. The van der Waals surface area contributed by atoms with Crippen LogP contribution in [0.3, 0.4) is 0 Å². The minimum absolute atomic E-state index is 0.137. The number of quaternary nitrogens is 1. The van der Waals surface area contributed by atoms with Gasteiger partial charge in [0.2, 0.25) is 6.23 Å². The zero-order valence-electron chi connectivity index (χ0n) is 32.2. The highest BCUT2D eigenvalue weighted by molar-refractivity contribution is 5.69. The van der Waals surface area contributed by atoms with E-state index in [1.165, 1.54) is 141 Å². The normalized spacial score (nSPS) is 12.7. The van der Waals surface area contributed by atoms with Crippen LogP contribution in [-0.2, 0) is 19.1 Å². The highest BCUT2D eigenvalue weighted by atomic mass is 16.6. The largest absolute Gasteiger partial charge is 0.465 e. The van der Waals surface area contributed by atoms with E-state index in [1.807, 2.05) is 21.1 Å². The van der Waals surface area contributed by atoms with Crippen LogP contribution < -0.4 is 0 Å². The molecule has 5 heteroatoms. The number of allylic oxidation sites excluding steroid dienone is 4. The molecule has 0 radical (unpaired) electrons. The summed E-state index contributed by atoms with van der Waals surface area (Å²) in [5.41, 5.74) is 0. The third kappa shape index (κ3) is 34.1. The van der Waals surface area contributed by atoms with Gasteiger partial charge in [0, 0.05) is 12.8 Å². The number of carbonyl (C=O) groups is 2. The van der Waals surface area contributed by atoms with Gasteiger partial charge in [0.05, 0.1) is 27.6 Å². The van der Waals surface area contributed by atoms with Crippen LogP contribution in [0.4, 0.5) is 0 Å². The standard InChI is InChI=1S/C42H80NO4/c1-6-8-10-12-14-16-18-20-22-24-26-28-30-32-34-36-41(44)46-39-38-40(43(3,4)5)47-42(45)37-35-33-31-29-27-25-23-21-19-17-15-13-11-9-7-2/h20-23,40H,6-19,24-39H2,1-5H3/q+1. The average molecular weight is 663 g/mol. The van der Waals surface area contributed by atoms with E-state index in [2.05, 4.69) is 38.2 Å². The van der Waals surface area contributed by atoms with Crippen LogP contribution in [0.1, 0.15) is 200 Å². The van der Waals surface area contributed by atoms with Crippen LogP contribution in [-0.4, -0.2) is 50.4 Å². The topological polar surface area (TPSA) is 52.6 Å². The van der Waals surface area contributed by atoms with E-state index in [1.54, 1.807) is 0 Å². The molecule has 0 aliphatic rings. The summed E-state index contributed by atoms with van der Waals surface area (Å²) in [7, 11) is 6.06. The quantitative estimate of drug-likeness (QED) is 0.0223. The molecule has 0 fully saturated rings. The Kier molecular flexibility index (Phi) is 33.1. The molecule has 0 heterocycles. The number of ether oxygens (including phenoxy) is 2. The number of unbranched alkanes of at least 4 members (excludes halogenated alkanes) is 22. The van der Waals surface area contributed by atoms with E-state index in [-0.39, 0.29) is 18.2 Å². The van der Waals surface area contributed by atoms with Crippen molar-refractivity contribution in [3.8, 4) is 0 Å². The molecule has 5 nitrogen and oxygen atoms in total. The maximum Gasteiger partial charge on any atom is 0.310 e. The van der Waals surface area contributed by atoms with Crippen LogP contribution >= 0.6 is 0 Å². The van der Waals surface area contributed by atoms with Gasteiger partial charge in [-0.3, -0.25) is 14.1 Å². The highest BCUT2D eigenvalue weighted by Crippen LogP contribution is 2.15. The molecule has 1 atom stereocenters. The van der Waals surface area contributed by atoms with Crippen LogP contribution in [0, 0.1) is 0 Å². The van der Waals surface area contributed by atoms with Gasteiger partial charge >= 0.3 is 11.9 Å². The summed E-state index contributed by atoms with van der Waals surface area (Å²) in [4.78, 5) is 24.8. The van der Waals surface area contributed by atoms with Crippen molar-refractivity contribution in [1.29, 1.82) is 0 Å². The number of hydrogen-bond acceptors (Lipinski definition) is 4. The summed E-state index contributed by atoms with van der Waals surface area (Å²) in [5, 5.41) is 0. The van der Waals surface area contributed by atoms with E-state index in [4.69, 9.17) is 9.47 Å². The Bertz CT molecular complexity index is 754. The summed E-state index contributed by atoms with van der Waals surface area (Å²) in [5.74, 6) is -0.275. The lowest BCUT2D eigenvalue weighted by atomic mass is 10.1. The van der Waals surface area contributed by atoms with E-state index >= 15 is 0 Å². The summed E-state index contributed by atoms with van der Waals surface area (Å²) >= 11 is 0. The molecule has 0 rings (SSSR count). The zero-order chi connectivity index (χ0) is 34.7. The minimum atomic E-state index is -0.307. The SMILES string of the molecule is CCCCCCCCC=CCCCCCCCC(=O)OCCC(OC(=O)CCCCCCCC=CCCCCCCCC)[N+](C)(C)C. The van der Waals surface area contributed by atoms with Crippen molar-refractivity contribution in [2.24, 2.45) is 0 Å². The first kappa shape index (κ1) is 45.4. The summed E-state index contributed by atoms with van der Waals surface area (Å²) in [6.07, 6.45) is 42.9. The highest BCUT2D eigenvalue weighted by Gasteiger charge is 2.28. The number of nitrogens with zero attached hydrogens (tertiary/aromatic N) is 1. The van der Waals surface area contributed by atoms with Crippen LogP contribution in [0.15, 0.2) is 24.3 Å². The maximum atomic E-state index is 12.5. The second-order valence-corrected chi connectivity index (χ2v) is 14.7. The lowest BCUT2D eigenvalue weighted by Gasteiger charge is -2.33. The first-order valence-electron chi connectivity index (χ1n) is 20.3. The van der Waals surface area contributed by atoms with Gasteiger partial charge in [-0.25, -0.2) is 0 Å². The van der Waals surface area contributed by atoms with E-state index < -0.39 is 0 Å². The average Bonchev–Trinajstić information content (AvgIpc) is 3.03. The van der Waals surface area contributed by atoms with Gasteiger partial charge in [0.15, 0.2) is 0 Å². The van der Waals surface area contributed by atoms with Crippen LogP contribution in [0.2, 0.25) is 0 Å². The fourth-order valence-corrected chi connectivity index (χ4v) is 5.84. The third-order valence-corrected chi connectivity index (χ3v) is 9.04. The Balaban J connectivity index is 3.79. The van der Waals surface area contributed by atoms with Crippen molar-refractivity contribution in [3.05, 3.63) is 24.3 Å². The Hall–Kier alpha value is -1.62. The van der Waals surface area contributed by atoms with Gasteiger partial charge in [-0.05, 0) is 64.2 Å². The molecule has 0 aromatic heterocycles. The van der Waals surface area contributed by atoms with Gasteiger partial charge in [0.25, 0.3) is 0 Å². The molecule has 0 bridgehead atoms. The number of hydrogen-bond donors (Lipinski definition) is 0. The van der Waals surface area contributed by atoms with Crippen molar-refractivity contribution in [1.82, 2.24) is 0 Å². The molecule has 0 saturated carbocycles. The monoisotopic (exact) mass is 663 g/mol. The molecular weight excluding hydrogens is 582 g/mol. The Morgan fingerprint density at radius 1 is 0.489 bits per heavy atom. The third-order valence-electron chi connectivity index (χ3n) is 9.04. The zero-order valence-corrected chi connectivity index (χ0v) is 32.2. The van der Waals surface area contributed by atoms with Gasteiger partial charge < -0.3 is 9.47 Å². The molecule has 0 aliphatic carbocycles. The second-order valence-electron chi connectivity index (χ2n) is 14.7. The molecule has 1 unspecified atom stereocenters. The smallest absolute Gasteiger partial charge is 0.310 e.